The van der Waals surface area contributed by atoms with Crippen LogP contribution in [0.25, 0.3) is 0 Å². The SMILES string of the molecule is C[C@H](OC(=O)NCc1ccccc1)[C@H]1C(=O)N2[C@@H](C(=O)OCc3ccccc3)C(C)(C)S(=O)(=O)[C@H]12. The van der Waals surface area contributed by atoms with Crippen molar-refractivity contribution in [3.05, 3.63) is 71.8 Å². The zero-order valence-electron chi connectivity index (χ0n) is 19.7. The van der Waals surface area contributed by atoms with E-state index in [0.29, 0.717) is 0 Å². The fourth-order valence-electron chi connectivity index (χ4n) is 4.62. The summed E-state index contributed by atoms with van der Waals surface area (Å²) in [6.45, 7) is 4.49. The molecular weight excluding hydrogens is 472 g/mol. The summed E-state index contributed by atoms with van der Waals surface area (Å²) >= 11 is 0. The zero-order valence-corrected chi connectivity index (χ0v) is 20.5. The lowest BCUT2D eigenvalue weighted by atomic mass is 9.88. The van der Waals surface area contributed by atoms with Crippen LogP contribution in [0.1, 0.15) is 31.9 Å². The number of amides is 2. The van der Waals surface area contributed by atoms with Crippen molar-refractivity contribution in [3.8, 4) is 0 Å². The molecule has 35 heavy (non-hydrogen) atoms. The molecule has 2 amide bonds. The fraction of sp³-hybridized carbons (Fsp3) is 0.400. The van der Waals surface area contributed by atoms with Crippen LogP contribution in [-0.4, -0.2) is 53.6 Å². The van der Waals surface area contributed by atoms with Crippen LogP contribution < -0.4 is 5.32 Å². The lowest BCUT2D eigenvalue weighted by molar-refractivity contribution is -0.171. The number of benzene rings is 2. The van der Waals surface area contributed by atoms with E-state index in [1.54, 1.807) is 24.3 Å². The van der Waals surface area contributed by atoms with Gasteiger partial charge in [0.1, 0.15) is 24.7 Å². The molecule has 0 bridgehead atoms. The molecule has 2 heterocycles. The molecule has 2 fully saturated rings. The van der Waals surface area contributed by atoms with E-state index in [1.165, 1.54) is 20.8 Å². The van der Waals surface area contributed by atoms with E-state index < -0.39 is 56.0 Å². The minimum Gasteiger partial charge on any atom is -0.459 e. The number of alkyl carbamates (subject to hydrolysis) is 1. The number of carbonyl (C=O) groups is 3. The van der Waals surface area contributed by atoms with E-state index >= 15 is 0 Å². The van der Waals surface area contributed by atoms with E-state index in [0.717, 1.165) is 16.0 Å². The topological polar surface area (TPSA) is 119 Å². The van der Waals surface area contributed by atoms with Crippen molar-refractivity contribution in [3.63, 3.8) is 0 Å². The Kier molecular flexibility index (Phi) is 6.59. The largest absolute Gasteiger partial charge is 0.459 e. The number of hydrogen-bond acceptors (Lipinski definition) is 7. The lowest BCUT2D eigenvalue weighted by Crippen LogP contribution is -2.66. The van der Waals surface area contributed by atoms with Crippen LogP contribution in [0, 0.1) is 5.92 Å². The maximum absolute atomic E-state index is 13.4. The second-order valence-electron chi connectivity index (χ2n) is 9.26. The Morgan fingerprint density at radius 2 is 1.60 bits per heavy atom. The van der Waals surface area contributed by atoms with E-state index in [4.69, 9.17) is 9.47 Å². The summed E-state index contributed by atoms with van der Waals surface area (Å²) in [4.78, 5) is 39.3. The average molecular weight is 501 g/mol. The molecule has 4 rings (SSSR count). The first-order chi connectivity index (χ1) is 16.6. The first kappa shape index (κ1) is 24.7. The van der Waals surface area contributed by atoms with Crippen molar-refractivity contribution in [1.82, 2.24) is 10.2 Å². The van der Waals surface area contributed by atoms with Crippen molar-refractivity contribution in [1.29, 1.82) is 0 Å². The van der Waals surface area contributed by atoms with Crippen molar-refractivity contribution in [2.24, 2.45) is 5.92 Å². The van der Waals surface area contributed by atoms with Crippen LogP contribution in [0.15, 0.2) is 60.7 Å². The smallest absolute Gasteiger partial charge is 0.407 e. The highest BCUT2D eigenvalue weighted by Crippen LogP contribution is 2.50. The third-order valence-corrected chi connectivity index (χ3v) is 9.48. The predicted octanol–water partition coefficient (Wildman–Crippen LogP) is 2.40. The molecule has 186 valence electrons. The second kappa shape index (κ2) is 9.33. The average Bonchev–Trinajstić information content (AvgIpc) is 2.97. The number of fused-ring (bicyclic) bond motifs is 1. The molecule has 0 unspecified atom stereocenters. The number of ether oxygens (including phenoxy) is 2. The van der Waals surface area contributed by atoms with Gasteiger partial charge in [-0.3, -0.25) is 4.79 Å². The van der Waals surface area contributed by atoms with Gasteiger partial charge in [-0.2, -0.15) is 0 Å². The lowest BCUT2D eigenvalue weighted by Gasteiger charge is -2.44. The number of carbonyl (C=O) groups excluding carboxylic acids is 3. The van der Waals surface area contributed by atoms with Crippen LogP contribution in [0.4, 0.5) is 4.79 Å². The predicted molar refractivity (Wildman–Crippen MR) is 126 cm³/mol. The van der Waals surface area contributed by atoms with Crippen LogP contribution in [-0.2, 0) is 42.1 Å². The Hall–Kier alpha value is -3.40. The Labute approximate surface area is 204 Å². The zero-order chi connectivity index (χ0) is 25.4. The molecule has 0 spiro atoms. The van der Waals surface area contributed by atoms with Crippen molar-refractivity contribution >= 4 is 27.8 Å². The van der Waals surface area contributed by atoms with Gasteiger partial charge in [-0.1, -0.05) is 60.7 Å². The highest BCUT2D eigenvalue weighted by atomic mass is 32.2. The minimum absolute atomic E-state index is 0.0382. The Balaban J connectivity index is 1.44. The molecule has 2 aromatic rings. The van der Waals surface area contributed by atoms with Gasteiger partial charge in [0, 0.05) is 6.54 Å². The normalized spacial score (nSPS) is 24.6. The summed E-state index contributed by atoms with van der Waals surface area (Å²) < 4.78 is 35.9. The van der Waals surface area contributed by atoms with Gasteiger partial charge in [0.25, 0.3) is 0 Å². The molecule has 2 aromatic carbocycles. The van der Waals surface area contributed by atoms with Gasteiger partial charge >= 0.3 is 12.1 Å². The molecule has 2 aliphatic heterocycles. The number of nitrogens with one attached hydrogen (secondary N) is 1. The molecule has 0 saturated carbocycles. The van der Waals surface area contributed by atoms with Gasteiger partial charge in [-0.05, 0) is 31.9 Å². The molecule has 2 saturated heterocycles. The third-order valence-electron chi connectivity index (χ3n) is 6.63. The van der Waals surface area contributed by atoms with Gasteiger partial charge in [-0.25, -0.2) is 18.0 Å². The molecular formula is C25H28N2O7S. The maximum atomic E-state index is 13.4. The molecule has 0 aliphatic carbocycles. The highest BCUT2D eigenvalue weighted by Gasteiger charge is 2.73. The van der Waals surface area contributed by atoms with Gasteiger partial charge in [0.2, 0.25) is 5.91 Å². The molecule has 1 N–H and O–H groups in total. The number of esters is 1. The van der Waals surface area contributed by atoms with Crippen LogP contribution >= 0.6 is 0 Å². The molecule has 0 aromatic heterocycles. The summed E-state index contributed by atoms with van der Waals surface area (Å²) in [6.07, 6.45) is -1.77. The second-order valence-corrected chi connectivity index (χ2v) is 11.9. The Morgan fingerprint density at radius 3 is 2.20 bits per heavy atom. The molecule has 2 aliphatic rings. The molecule has 0 radical (unpaired) electrons. The Bertz CT molecular complexity index is 1210. The quantitative estimate of drug-likeness (QED) is 0.458. The van der Waals surface area contributed by atoms with Gasteiger partial charge in [0.15, 0.2) is 15.2 Å². The standard InChI is InChI=1S/C25H28N2O7S/c1-16(34-24(30)26-14-17-10-6-4-7-11-17)19-21(28)27-20(25(2,3)35(31,32)22(19)27)23(29)33-15-18-12-8-5-9-13-18/h4-13,16,19-20,22H,14-15H2,1-3H3,(H,26,30)/t16-,19-,20-,22+/m0/s1. The Morgan fingerprint density at radius 1 is 1.03 bits per heavy atom. The number of hydrogen-bond donors (Lipinski definition) is 1. The summed E-state index contributed by atoms with van der Waals surface area (Å²) in [5.74, 6) is -2.45. The number of rotatable bonds is 7. The summed E-state index contributed by atoms with van der Waals surface area (Å²) in [5.41, 5.74) is 1.60. The van der Waals surface area contributed by atoms with E-state index in [1.807, 2.05) is 36.4 Å². The maximum Gasteiger partial charge on any atom is 0.407 e. The van der Waals surface area contributed by atoms with E-state index in [2.05, 4.69) is 5.32 Å². The summed E-state index contributed by atoms with van der Waals surface area (Å²) in [6, 6.07) is 16.9. The number of sulfone groups is 1. The third kappa shape index (κ3) is 4.38. The van der Waals surface area contributed by atoms with Crippen molar-refractivity contribution in [2.75, 3.05) is 0 Å². The monoisotopic (exact) mass is 500 g/mol. The van der Waals surface area contributed by atoms with Crippen molar-refractivity contribution in [2.45, 2.75) is 56.2 Å². The van der Waals surface area contributed by atoms with Gasteiger partial charge in [-0.15, -0.1) is 0 Å². The van der Waals surface area contributed by atoms with Gasteiger partial charge in [0.05, 0.1) is 4.75 Å². The van der Waals surface area contributed by atoms with Crippen LogP contribution in [0.5, 0.6) is 0 Å². The summed E-state index contributed by atoms with van der Waals surface area (Å²) in [5, 5.41) is 1.33. The van der Waals surface area contributed by atoms with E-state index in [-0.39, 0.29) is 13.2 Å². The first-order valence-corrected chi connectivity index (χ1v) is 12.8. The van der Waals surface area contributed by atoms with Crippen LogP contribution in [0.3, 0.4) is 0 Å². The molecule has 10 heteroatoms. The van der Waals surface area contributed by atoms with Gasteiger partial charge < -0.3 is 19.7 Å². The minimum atomic E-state index is -3.97. The molecule has 4 atom stereocenters. The first-order valence-electron chi connectivity index (χ1n) is 11.3. The number of β-lactam (4-membered cyclic amide) rings is 1. The summed E-state index contributed by atoms with van der Waals surface area (Å²) in [7, 11) is -3.97. The van der Waals surface area contributed by atoms with Crippen molar-refractivity contribution < 1.29 is 32.3 Å². The van der Waals surface area contributed by atoms with E-state index in [9.17, 15) is 22.8 Å². The highest BCUT2D eigenvalue weighted by molar-refractivity contribution is 7.93. The molecule has 9 nitrogen and oxygen atoms in total. The fourth-order valence-corrected chi connectivity index (χ4v) is 7.01. The van der Waals surface area contributed by atoms with Crippen LogP contribution in [0.2, 0.25) is 0 Å². The number of nitrogens with zero attached hydrogens (tertiary/aromatic N) is 1.